The lowest BCUT2D eigenvalue weighted by molar-refractivity contribution is 0.0699. The second-order valence-corrected chi connectivity index (χ2v) is 9.06. The molecule has 6 N–H and O–H groups in total. The maximum absolute atomic E-state index is 8.64. The van der Waals surface area contributed by atoms with Gasteiger partial charge in [-0.3, -0.25) is 0 Å². The molecule has 0 aromatic heterocycles. The third-order valence-electron chi connectivity index (χ3n) is 5.32. The Labute approximate surface area is 172 Å². The van der Waals surface area contributed by atoms with Gasteiger partial charge in [0.1, 0.15) is 16.6 Å². The number of rotatable bonds is 0. The predicted molar refractivity (Wildman–Crippen MR) is 111 cm³/mol. The van der Waals surface area contributed by atoms with Gasteiger partial charge in [0.05, 0.1) is 18.2 Å². The number of piperidine rings is 1. The second-order valence-electron chi connectivity index (χ2n) is 7.83. The number of nitrogens with two attached hydrogens (primary N) is 3. The zero-order valence-electron chi connectivity index (χ0n) is 16.8. The van der Waals surface area contributed by atoms with E-state index in [1.165, 1.54) is 0 Å². The summed E-state index contributed by atoms with van der Waals surface area (Å²) in [5, 5.41) is 25.7. The summed E-state index contributed by atoms with van der Waals surface area (Å²) in [4.78, 5) is 2.20. The molecule has 3 rings (SSSR count). The fourth-order valence-electron chi connectivity index (χ4n) is 2.82. The van der Waals surface area contributed by atoms with Crippen molar-refractivity contribution >= 4 is 11.8 Å². The van der Waals surface area contributed by atoms with Gasteiger partial charge in [0.2, 0.25) is 0 Å². The molecule has 0 radical (unpaired) electrons. The summed E-state index contributed by atoms with van der Waals surface area (Å²) in [7, 11) is 2.05. The predicted octanol–water partition coefficient (Wildman–Crippen LogP) is 0.685. The number of thioether (sulfide) groups is 1. The summed E-state index contributed by atoms with van der Waals surface area (Å²) in [6.45, 7) is 3.16. The summed E-state index contributed by atoms with van der Waals surface area (Å²) in [6, 6.07) is 6.37. The van der Waals surface area contributed by atoms with Gasteiger partial charge >= 0.3 is 0 Å². The van der Waals surface area contributed by atoms with E-state index in [0.717, 1.165) is 50.3 Å². The van der Waals surface area contributed by atoms with Crippen LogP contribution in [0.25, 0.3) is 0 Å². The van der Waals surface area contributed by atoms with E-state index in [1.54, 1.807) is 0 Å². The smallest absolute Gasteiger partial charge is 0.108 e. The molecule has 0 amide bonds. The van der Waals surface area contributed by atoms with Crippen molar-refractivity contribution in [2.24, 2.45) is 17.2 Å². The Balaban J connectivity index is 0.000000210. The van der Waals surface area contributed by atoms with Crippen molar-refractivity contribution in [2.45, 2.75) is 55.1 Å². The molecule has 3 heterocycles. The zero-order chi connectivity index (χ0) is 21.1. The standard InChI is InChI=1S/C7H13N3.C6H10N2O.C6H10N2S/c1-10-4-2-7(9,6-8)3-5-10;2*7-5-6(8)1-3-9-4-2-6/h2-5,9H2,1H3;2*1-4,8H2. The summed E-state index contributed by atoms with van der Waals surface area (Å²) < 4.78 is 5.04. The number of likely N-dealkylation sites (tertiary alicyclic amines) is 1. The molecule has 28 heavy (non-hydrogen) atoms. The van der Waals surface area contributed by atoms with Gasteiger partial charge in [0.15, 0.2) is 0 Å². The van der Waals surface area contributed by atoms with Gasteiger partial charge in [0, 0.05) is 39.1 Å². The molecule has 0 spiro atoms. The van der Waals surface area contributed by atoms with Crippen LogP contribution < -0.4 is 17.2 Å². The van der Waals surface area contributed by atoms with Crippen LogP contribution in [-0.4, -0.2) is 66.4 Å². The zero-order valence-corrected chi connectivity index (χ0v) is 17.6. The topological polar surface area (TPSA) is 162 Å². The van der Waals surface area contributed by atoms with E-state index in [0.29, 0.717) is 26.1 Å². The molecule has 0 atom stereocenters. The fraction of sp³-hybridized carbons (Fsp3) is 0.842. The van der Waals surface area contributed by atoms with Crippen LogP contribution >= 0.6 is 11.8 Å². The first-order valence-electron chi connectivity index (χ1n) is 9.64. The van der Waals surface area contributed by atoms with E-state index in [4.69, 9.17) is 37.7 Å². The molecule has 0 bridgehead atoms. The molecule has 3 aliphatic rings. The normalized spacial score (nSPS) is 25.2. The second kappa shape index (κ2) is 11.6. The van der Waals surface area contributed by atoms with E-state index >= 15 is 0 Å². The molecule has 156 valence electrons. The van der Waals surface area contributed by atoms with Crippen LogP contribution in [0, 0.1) is 34.0 Å². The van der Waals surface area contributed by atoms with Crippen molar-refractivity contribution in [1.82, 2.24) is 4.90 Å². The van der Waals surface area contributed by atoms with Crippen molar-refractivity contribution in [2.75, 3.05) is 44.9 Å². The van der Waals surface area contributed by atoms with Crippen LogP contribution in [0.4, 0.5) is 0 Å². The molecule has 0 unspecified atom stereocenters. The minimum absolute atomic E-state index is 0.495. The number of nitriles is 3. The van der Waals surface area contributed by atoms with Gasteiger partial charge in [-0.05, 0) is 44.2 Å². The summed E-state index contributed by atoms with van der Waals surface area (Å²) in [5.41, 5.74) is 15.4. The number of hydrogen-bond donors (Lipinski definition) is 3. The molecule has 8 nitrogen and oxygen atoms in total. The molecule has 0 aromatic rings. The van der Waals surface area contributed by atoms with Gasteiger partial charge in [-0.1, -0.05) is 0 Å². The Morgan fingerprint density at radius 2 is 1.14 bits per heavy atom. The summed E-state index contributed by atoms with van der Waals surface area (Å²) >= 11 is 1.88. The number of nitrogens with zero attached hydrogens (tertiary/aromatic N) is 4. The van der Waals surface area contributed by atoms with Crippen LogP contribution in [-0.2, 0) is 4.74 Å². The molecule has 9 heteroatoms. The minimum atomic E-state index is -0.599. The van der Waals surface area contributed by atoms with E-state index < -0.39 is 16.6 Å². The van der Waals surface area contributed by atoms with Gasteiger partial charge < -0.3 is 26.8 Å². The Bertz CT molecular complexity index is 553. The number of hydrogen-bond acceptors (Lipinski definition) is 9. The molecule has 0 saturated carbocycles. The van der Waals surface area contributed by atoms with Crippen LogP contribution in [0.1, 0.15) is 38.5 Å². The first-order valence-corrected chi connectivity index (χ1v) is 10.8. The Morgan fingerprint density at radius 3 is 1.50 bits per heavy atom. The van der Waals surface area contributed by atoms with Gasteiger partial charge in [-0.2, -0.15) is 27.5 Å². The number of ether oxygens (including phenoxy) is 1. The first kappa shape index (κ1) is 24.7. The van der Waals surface area contributed by atoms with E-state index in [9.17, 15) is 0 Å². The van der Waals surface area contributed by atoms with Crippen LogP contribution in [0.15, 0.2) is 0 Å². The molecule has 3 saturated heterocycles. The third-order valence-corrected chi connectivity index (χ3v) is 6.30. The Hall–Kier alpha value is -1.38. The van der Waals surface area contributed by atoms with Gasteiger partial charge in [-0.25, -0.2) is 0 Å². The molecule has 0 aliphatic carbocycles. The summed E-state index contributed by atoms with van der Waals surface area (Å²) in [6.07, 6.45) is 4.66. The van der Waals surface area contributed by atoms with Crippen molar-refractivity contribution in [3.8, 4) is 18.2 Å². The quantitative estimate of drug-likeness (QED) is 0.524. The average molecular weight is 408 g/mol. The van der Waals surface area contributed by atoms with Gasteiger partial charge in [0.25, 0.3) is 0 Å². The highest BCUT2D eigenvalue weighted by molar-refractivity contribution is 7.99. The van der Waals surface area contributed by atoms with E-state index in [1.807, 2.05) is 11.8 Å². The van der Waals surface area contributed by atoms with E-state index in [-0.39, 0.29) is 0 Å². The van der Waals surface area contributed by atoms with Crippen molar-refractivity contribution in [1.29, 1.82) is 15.8 Å². The van der Waals surface area contributed by atoms with Crippen LogP contribution in [0.2, 0.25) is 0 Å². The molecule has 3 fully saturated rings. The fourth-order valence-corrected chi connectivity index (χ4v) is 4.05. The Morgan fingerprint density at radius 1 is 0.750 bits per heavy atom. The van der Waals surface area contributed by atoms with Crippen molar-refractivity contribution in [3.05, 3.63) is 0 Å². The molecule has 3 aliphatic heterocycles. The molecule has 0 aromatic carbocycles. The van der Waals surface area contributed by atoms with Gasteiger partial charge in [-0.15, -0.1) is 0 Å². The highest BCUT2D eigenvalue weighted by atomic mass is 32.2. The largest absolute Gasteiger partial charge is 0.381 e. The first-order chi connectivity index (χ1) is 13.2. The highest BCUT2D eigenvalue weighted by Gasteiger charge is 2.29. The average Bonchev–Trinajstić information content (AvgIpc) is 2.73. The third kappa shape index (κ3) is 8.75. The van der Waals surface area contributed by atoms with Crippen LogP contribution in [0.5, 0.6) is 0 Å². The van der Waals surface area contributed by atoms with Crippen molar-refractivity contribution in [3.63, 3.8) is 0 Å². The van der Waals surface area contributed by atoms with Crippen molar-refractivity contribution < 1.29 is 4.74 Å². The SMILES string of the molecule is CN1CCC(N)(C#N)CC1.N#CC1(N)CCOCC1.N#CC1(N)CCSCC1. The maximum Gasteiger partial charge on any atom is 0.108 e. The molecular weight excluding hydrogens is 374 g/mol. The lowest BCUT2D eigenvalue weighted by atomic mass is 9.91. The highest BCUT2D eigenvalue weighted by Crippen LogP contribution is 2.23. The Kier molecular flexibility index (Phi) is 10.2. The molecular formula is C19H33N7OS. The van der Waals surface area contributed by atoms with Crippen LogP contribution in [0.3, 0.4) is 0 Å². The maximum atomic E-state index is 8.64. The minimum Gasteiger partial charge on any atom is -0.381 e. The summed E-state index contributed by atoms with van der Waals surface area (Å²) in [5.74, 6) is 2.09. The lowest BCUT2D eigenvalue weighted by Gasteiger charge is -2.32. The lowest BCUT2D eigenvalue weighted by Crippen LogP contribution is -2.48. The van der Waals surface area contributed by atoms with E-state index in [2.05, 4.69) is 30.2 Å². The monoisotopic (exact) mass is 407 g/mol.